The molecule has 5 amide bonds. The van der Waals surface area contributed by atoms with Crippen LogP contribution in [0.3, 0.4) is 0 Å². The molecule has 0 aromatic heterocycles. The maximum atomic E-state index is 13.1. The SMILES string of the molecule is CCCCCN(C(=O)NC(C)C)[C@@H](Cc1ccc(N(C(=O)C(=O)O)c2ccccc2C(=O)O)c(C=CC(N)=O)c1)C(N)=O. The zero-order chi connectivity index (χ0) is 32.3. The van der Waals surface area contributed by atoms with Crippen LogP contribution in [0.5, 0.6) is 0 Å². The molecule has 13 heteroatoms. The third-order valence-corrected chi connectivity index (χ3v) is 6.33. The monoisotopic (exact) mass is 595 g/mol. The minimum Gasteiger partial charge on any atom is -0.478 e. The molecule has 0 aliphatic carbocycles. The average Bonchev–Trinajstić information content (AvgIpc) is 2.93. The Labute approximate surface area is 249 Å². The van der Waals surface area contributed by atoms with Crippen molar-refractivity contribution in [3.8, 4) is 0 Å². The van der Waals surface area contributed by atoms with Gasteiger partial charge in [0.15, 0.2) is 0 Å². The lowest BCUT2D eigenvalue weighted by molar-refractivity contribution is -0.148. The molecular weight excluding hydrogens is 558 g/mol. The second kappa shape index (κ2) is 15.7. The molecule has 7 N–H and O–H groups in total. The summed E-state index contributed by atoms with van der Waals surface area (Å²) in [6, 6.07) is 7.90. The number of para-hydroxylation sites is 1. The summed E-state index contributed by atoms with van der Waals surface area (Å²) in [5.74, 6) is -6.33. The number of anilines is 2. The third-order valence-electron chi connectivity index (χ3n) is 6.33. The number of hydrogen-bond acceptors (Lipinski definition) is 6. The molecule has 1 atom stereocenters. The van der Waals surface area contributed by atoms with Crippen molar-refractivity contribution in [1.29, 1.82) is 0 Å². The Morgan fingerprint density at radius 3 is 2.19 bits per heavy atom. The van der Waals surface area contributed by atoms with E-state index in [1.165, 1.54) is 53.4 Å². The maximum absolute atomic E-state index is 13.1. The smallest absolute Gasteiger partial charge is 0.395 e. The van der Waals surface area contributed by atoms with Gasteiger partial charge < -0.3 is 31.9 Å². The molecule has 13 nitrogen and oxygen atoms in total. The summed E-state index contributed by atoms with van der Waals surface area (Å²) in [4.78, 5) is 76.1. The molecule has 43 heavy (non-hydrogen) atoms. The molecule has 0 radical (unpaired) electrons. The molecule has 2 aromatic carbocycles. The number of benzene rings is 2. The van der Waals surface area contributed by atoms with Crippen molar-refractivity contribution in [2.45, 2.75) is 58.5 Å². The summed E-state index contributed by atoms with van der Waals surface area (Å²) in [7, 11) is 0. The van der Waals surface area contributed by atoms with Gasteiger partial charge in [0.2, 0.25) is 11.8 Å². The van der Waals surface area contributed by atoms with Crippen molar-refractivity contribution in [1.82, 2.24) is 10.2 Å². The summed E-state index contributed by atoms with van der Waals surface area (Å²) in [5, 5.41) is 22.1. The molecule has 0 aliphatic rings. The van der Waals surface area contributed by atoms with Crippen LogP contribution in [0.15, 0.2) is 48.5 Å². The van der Waals surface area contributed by atoms with Gasteiger partial charge >= 0.3 is 23.9 Å². The molecule has 0 aliphatic heterocycles. The first-order chi connectivity index (χ1) is 20.3. The van der Waals surface area contributed by atoms with Gasteiger partial charge in [0, 0.05) is 25.1 Å². The van der Waals surface area contributed by atoms with Crippen molar-refractivity contribution in [3.63, 3.8) is 0 Å². The predicted octanol–water partition coefficient (Wildman–Crippen LogP) is 2.64. The van der Waals surface area contributed by atoms with Crippen LogP contribution in [0.1, 0.15) is 61.5 Å². The highest BCUT2D eigenvalue weighted by Crippen LogP contribution is 2.33. The second-order valence-corrected chi connectivity index (χ2v) is 10.0. The van der Waals surface area contributed by atoms with Gasteiger partial charge in [-0.2, -0.15) is 0 Å². The number of hydrogen-bond donors (Lipinski definition) is 5. The lowest BCUT2D eigenvalue weighted by atomic mass is 9.99. The van der Waals surface area contributed by atoms with Crippen LogP contribution in [-0.4, -0.2) is 69.4 Å². The highest BCUT2D eigenvalue weighted by atomic mass is 16.4. The van der Waals surface area contributed by atoms with Gasteiger partial charge in [0.1, 0.15) is 6.04 Å². The summed E-state index contributed by atoms with van der Waals surface area (Å²) in [5.41, 5.74) is 11.0. The molecule has 0 heterocycles. The lowest BCUT2D eigenvalue weighted by Crippen LogP contribution is -2.54. The highest BCUT2D eigenvalue weighted by molar-refractivity contribution is 6.39. The molecule has 2 aromatic rings. The standard InChI is InChI=1S/C30H37N5O8/c1-4-5-8-15-34(30(43)33-18(2)3)24(26(32)37)17-19-11-13-22(20(16-19)12-14-25(31)36)35(27(38)29(41)42)23-10-7-6-9-21(23)28(39)40/h6-7,9-14,16,18,24H,4-5,8,15,17H2,1-3H3,(H2,31,36)(H2,32,37)(H,33,43)(H,39,40)(H,41,42)/t24-/m0/s1. The van der Waals surface area contributed by atoms with E-state index in [2.05, 4.69) is 5.32 Å². The number of carbonyl (C=O) groups excluding carboxylic acids is 4. The van der Waals surface area contributed by atoms with Gasteiger partial charge in [-0.25, -0.2) is 14.4 Å². The van der Waals surface area contributed by atoms with E-state index < -0.39 is 41.7 Å². The van der Waals surface area contributed by atoms with Crippen LogP contribution in [0.25, 0.3) is 6.08 Å². The molecule has 0 saturated heterocycles. The van der Waals surface area contributed by atoms with E-state index in [4.69, 9.17) is 11.5 Å². The van der Waals surface area contributed by atoms with E-state index in [9.17, 15) is 39.0 Å². The van der Waals surface area contributed by atoms with Gasteiger partial charge in [-0.15, -0.1) is 0 Å². The number of carbonyl (C=O) groups is 6. The van der Waals surface area contributed by atoms with Crippen LogP contribution in [0, 0.1) is 0 Å². The minimum atomic E-state index is -1.86. The Balaban J connectivity index is 2.71. The molecule has 2 rings (SSSR count). The summed E-state index contributed by atoms with van der Waals surface area (Å²) in [6.45, 7) is 5.83. The number of nitrogens with zero attached hydrogens (tertiary/aromatic N) is 2. The average molecular weight is 596 g/mol. The predicted molar refractivity (Wildman–Crippen MR) is 159 cm³/mol. The molecule has 230 valence electrons. The first-order valence-corrected chi connectivity index (χ1v) is 13.6. The molecule has 0 fully saturated rings. The number of nitrogens with two attached hydrogens (primary N) is 2. The number of nitrogens with one attached hydrogen (secondary N) is 1. The van der Waals surface area contributed by atoms with Gasteiger partial charge in [0.05, 0.1) is 16.9 Å². The molecule has 0 spiro atoms. The fraction of sp³-hybridized carbons (Fsp3) is 0.333. The van der Waals surface area contributed by atoms with E-state index in [0.717, 1.165) is 18.9 Å². The van der Waals surface area contributed by atoms with Crippen LogP contribution in [-0.2, 0) is 25.6 Å². The van der Waals surface area contributed by atoms with Gasteiger partial charge in [-0.3, -0.25) is 19.3 Å². The van der Waals surface area contributed by atoms with E-state index in [0.29, 0.717) is 16.9 Å². The van der Waals surface area contributed by atoms with Gasteiger partial charge in [-0.05, 0) is 61.7 Å². The van der Waals surface area contributed by atoms with Crippen LogP contribution < -0.4 is 21.7 Å². The van der Waals surface area contributed by atoms with Crippen LogP contribution in [0.2, 0.25) is 0 Å². The third kappa shape index (κ3) is 9.42. The number of primary amides is 2. The largest absolute Gasteiger partial charge is 0.478 e. The van der Waals surface area contributed by atoms with Crippen LogP contribution in [0.4, 0.5) is 16.2 Å². The number of carboxylic acids is 2. The molecule has 0 bridgehead atoms. The zero-order valence-corrected chi connectivity index (χ0v) is 24.3. The molecule has 0 saturated carbocycles. The van der Waals surface area contributed by atoms with Gasteiger partial charge in [0.25, 0.3) is 0 Å². The summed E-state index contributed by atoms with van der Waals surface area (Å²) < 4.78 is 0. The Bertz CT molecular complexity index is 1400. The van der Waals surface area contributed by atoms with Crippen molar-refractivity contribution < 1.29 is 39.0 Å². The fourth-order valence-electron chi connectivity index (χ4n) is 4.38. The zero-order valence-electron chi connectivity index (χ0n) is 24.3. The Kier molecular flexibility index (Phi) is 12.4. The van der Waals surface area contributed by atoms with E-state index in [1.54, 1.807) is 13.8 Å². The molecule has 0 unspecified atom stereocenters. The number of carboxylic acid groups (broad SMARTS) is 2. The highest BCUT2D eigenvalue weighted by Gasteiger charge is 2.31. The topological polar surface area (TPSA) is 213 Å². The number of urea groups is 1. The number of aromatic carboxylic acids is 1. The Morgan fingerprint density at radius 1 is 0.953 bits per heavy atom. The number of amides is 5. The van der Waals surface area contributed by atoms with E-state index in [1.807, 2.05) is 6.92 Å². The number of unbranched alkanes of at least 4 members (excludes halogenated alkanes) is 2. The quantitative estimate of drug-likeness (QED) is 0.124. The first-order valence-electron chi connectivity index (χ1n) is 13.6. The number of aliphatic carboxylic acids is 1. The van der Waals surface area contributed by atoms with E-state index in [-0.39, 0.29) is 41.5 Å². The summed E-state index contributed by atoms with van der Waals surface area (Å²) in [6.07, 6.45) is 4.49. The van der Waals surface area contributed by atoms with Crippen molar-refractivity contribution in [3.05, 3.63) is 65.2 Å². The summed E-state index contributed by atoms with van der Waals surface area (Å²) >= 11 is 0. The first kappa shape index (κ1) is 34.0. The van der Waals surface area contributed by atoms with E-state index >= 15 is 0 Å². The normalized spacial score (nSPS) is 11.6. The Hall–Kier alpha value is -5.20. The second-order valence-electron chi connectivity index (χ2n) is 10.0. The fourth-order valence-corrected chi connectivity index (χ4v) is 4.38. The number of rotatable bonds is 14. The molecular formula is C30H37N5O8. The van der Waals surface area contributed by atoms with Crippen molar-refractivity contribution in [2.75, 3.05) is 11.4 Å². The van der Waals surface area contributed by atoms with Gasteiger partial charge in [-0.1, -0.05) is 38.0 Å². The minimum absolute atomic E-state index is 0.0523. The van der Waals surface area contributed by atoms with Crippen molar-refractivity contribution >= 4 is 53.1 Å². The lowest BCUT2D eigenvalue weighted by Gasteiger charge is -2.31. The maximum Gasteiger partial charge on any atom is 0.395 e. The Morgan fingerprint density at radius 2 is 1.63 bits per heavy atom. The van der Waals surface area contributed by atoms with Crippen LogP contribution >= 0.6 is 0 Å². The van der Waals surface area contributed by atoms with Crippen molar-refractivity contribution in [2.24, 2.45) is 11.5 Å².